The number of hydrogen-bond donors (Lipinski definition) is 2. The number of carboxylic acids is 1. The molecule has 1 aliphatic heterocycles. The maximum Gasteiger partial charge on any atom is 0.322 e. The predicted octanol–water partition coefficient (Wildman–Crippen LogP) is 4.03. The number of aliphatic carboxylic acids is 1. The van der Waals surface area contributed by atoms with E-state index in [4.69, 9.17) is 9.47 Å². The lowest BCUT2D eigenvalue weighted by molar-refractivity contribution is -0.138. The van der Waals surface area contributed by atoms with Gasteiger partial charge in [0.05, 0.1) is 26.7 Å². The molecule has 0 aromatic heterocycles. The fourth-order valence-corrected chi connectivity index (χ4v) is 4.01. The molecule has 2 aromatic rings. The van der Waals surface area contributed by atoms with Gasteiger partial charge in [-0.05, 0) is 54.1 Å². The van der Waals surface area contributed by atoms with Crippen LogP contribution in [0, 0.1) is 0 Å². The second-order valence-electron chi connectivity index (χ2n) is 6.63. The normalized spacial score (nSPS) is 15.4. The first-order valence-corrected chi connectivity index (χ1v) is 10.4. The van der Waals surface area contributed by atoms with Gasteiger partial charge in [0.1, 0.15) is 0 Å². The van der Waals surface area contributed by atoms with Gasteiger partial charge in [0, 0.05) is 17.1 Å². The van der Waals surface area contributed by atoms with Gasteiger partial charge in [-0.2, -0.15) is 0 Å². The summed E-state index contributed by atoms with van der Waals surface area (Å²) in [5.74, 6) is 0.128. The number of nitrogens with one attached hydrogen (secondary N) is 1. The monoisotopic (exact) mass is 416 g/mol. The van der Waals surface area contributed by atoms with Crippen LogP contribution in [-0.2, 0) is 11.2 Å². The molecule has 0 radical (unpaired) electrons. The SMILES string of the molecule is COc1cc2c(cc1OC)C(CC(=O)O)N(C(=O)Nc1cccc(SC)c1)CC2. The van der Waals surface area contributed by atoms with Gasteiger partial charge in [0.15, 0.2) is 11.5 Å². The minimum atomic E-state index is -0.972. The van der Waals surface area contributed by atoms with Crippen molar-refractivity contribution in [3.8, 4) is 11.5 Å². The van der Waals surface area contributed by atoms with E-state index in [1.54, 1.807) is 29.8 Å². The highest BCUT2D eigenvalue weighted by Gasteiger charge is 2.33. The fraction of sp³-hybridized carbons (Fsp3) is 0.333. The molecule has 0 saturated heterocycles. The Morgan fingerprint density at radius 1 is 1.21 bits per heavy atom. The zero-order valence-corrected chi connectivity index (χ0v) is 17.4. The minimum absolute atomic E-state index is 0.194. The van der Waals surface area contributed by atoms with Crippen molar-refractivity contribution in [2.75, 3.05) is 32.3 Å². The van der Waals surface area contributed by atoms with Crippen LogP contribution in [0.25, 0.3) is 0 Å². The van der Waals surface area contributed by atoms with Crippen LogP contribution in [0.4, 0.5) is 10.5 Å². The number of thioether (sulfide) groups is 1. The second kappa shape index (κ2) is 9.09. The summed E-state index contributed by atoms with van der Waals surface area (Å²) in [5, 5.41) is 12.4. The molecule has 0 saturated carbocycles. The van der Waals surface area contributed by atoms with Gasteiger partial charge in [0.25, 0.3) is 0 Å². The average Bonchev–Trinajstić information content (AvgIpc) is 2.72. The maximum absolute atomic E-state index is 13.0. The highest BCUT2D eigenvalue weighted by molar-refractivity contribution is 7.98. The van der Waals surface area contributed by atoms with E-state index in [-0.39, 0.29) is 12.5 Å². The number of methoxy groups -OCH3 is 2. The molecule has 3 rings (SSSR count). The van der Waals surface area contributed by atoms with Crippen LogP contribution in [-0.4, -0.2) is 49.0 Å². The second-order valence-corrected chi connectivity index (χ2v) is 7.50. The topological polar surface area (TPSA) is 88.1 Å². The summed E-state index contributed by atoms with van der Waals surface area (Å²) in [6.07, 6.45) is 2.37. The van der Waals surface area contributed by atoms with Crippen LogP contribution >= 0.6 is 11.8 Å². The number of anilines is 1. The number of fused-ring (bicyclic) bond motifs is 1. The molecule has 1 unspecified atom stereocenters. The van der Waals surface area contributed by atoms with Crippen molar-refractivity contribution in [1.29, 1.82) is 0 Å². The van der Waals surface area contributed by atoms with Crippen LogP contribution in [0.1, 0.15) is 23.6 Å². The van der Waals surface area contributed by atoms with E-state index in [0.717, 1.165) is 16.0 Å². The number of urea groups is 1. The van der Waals surface area contributed by atoms with Crippen LogP contribution in [0.2, 0.25) is 0 Å². The Balaban J connectivity index is 1.92. The van der Waals surface area contributed by atoms with Crippen LogP contribution in [0.15, 0.2) is 41.3 Å². The van der Waals surface area contributed by atoms with Crippen molar-refractivity contribution >= 4 is 29.4 Å². The molecule has 29 heavy (non-hydrogen) atoms. The number of carbonyl (C=O) groups is 2. The first kappa shape index (κ1) is 20.9. The van der Waals surface area contributed by atoms with Gasteiger partial charge in [-0.1, -0.05) is 6.07 Å². The van der Waals surface area contributed by atoms with Crippen molar-refractivity contribution in [2.24, 2.45) is 0 Å². The van der Waals surface area contributed by atoms with Crippen molar-refractivity contribution < 1.29 is 24.2 Å². The quantitative estimate of drug-likeness (QED) is 0.691. The molecular weight excluding hydrogens is 392 g/mol. The molecule has 2 amide bonds. The van der Waals surface area contributed by atoms with E-state index < -0.39 is 12.0 Å². The molecular formula is C21H24N2O5S. The number of amides is 2. The Hall–Kier alpha value is -2.87. The Kier molecular flexibility index (Phi) is 6.53. The lowest BCUT2D eigenvalue weighted by atomic mass is 9.90. The third-order valence-electron chi connectivity index (χ3n) is 4.95. The van der Waals surface area contributed by atoms with Gasteiger partial charge in [-0.3, -0.25) is 4.79 Å². The maximum atomic E-state index is 13.0. The number of carboxylic acid groups (broad SMARTS) is 1. The molecule has 8 heteroatoms. The zero-order valence-electron chi connectivity index (χ0n) is 16.6. The minimum Gasteiger partial charge on any atom is -0.493 e. The van der Waals surface area contributed by atoms with E-state index in [0.29, 0.717) is 30.2 Å². The van der Waals surface area contributed by atoms with Gasteiger partial charge in [-0.15, -0.1) is 11.8 Å². The average molecular weight is 416 g/mol. The molecule has 1 atom stereocenters. The summed E-state index contributed by atoms with van der Waals surface area (Å²) in [7, 11) is 3.09. The molecule has 0 aliphatic carbocycles. The van der Waals surface area contributed by atoms with Crippen LogP contribution < -0.4 is 14.8 Å². The summed E-state index contributed by atoms with van der Waals surface area (Å²) in [6, 6.07) is 10.3. The Morgan fingerprint density at radius 2 is 1.93 bits per heavy atom. The summed E-state index contributed by atoms with van der Waals surface area (Å²) in [4.78, 5) is 27.2. The van der Waals surface area contributed by atoms with Gasteiger partial charge in [0.2, 0.25) is 0 Å². The highest BCUT2D eigenvalue weighted by Crippen LogP contribution is 2.39. The number of rotatable bonds is 6. The Bertz CT molecular complexity index is 918. The van der Waals surface area contributed by atoms with E-state index in [9.17, 15) is 14.7 Å². The first-order chi connectivity index (χ1) is 14.0. The highest BCUT2D eigenvalue weighted by atomic mass is 32.2. The molecule has 7 nitrogen and oxygen atoms in total. The number of ether oxygens (including phenoxy) is 2. The van der Waals surface area contributed by atoms with E-state index in [2.05, 4.69) is 5.32 Å². The molecule has 0 spiro atoms. The standard InChI is InChI=1S/C21H24N2O5S/c1-27-18-9-13-7-8-23(17(12-20(24)25)16(13)11-19(18)28-2)21(26)22-14-5-4-6-15(10-14)29-3/h4-6,9-11,17H,7-8,12H2,1-3H3,(H,22,26)(H,24,25). The van der Waals surface area contributed by atoms with Crippen molar-refractivity contribution in [1.82, 2.24) is 4.90 Å². The lowest BCUT2D eigenvalue weighted by Gasteiger charge is -2.37. The fourth-order valence-electron chi connectivity index (χ4n) is 3.55. The van der Waals surface area contributed by atoms with Crippen molar-refractivity contribution in [3.63, 3.8) is 0 Å². The summed E-state index contributed by atoms with van der Waals surface area (Å²) >= 11 is 1.58. The molecule has 1 aliphatic rings. The van der Waals surface area contributed by atoms with E-state index >= 15 is 0 Å². The number of nitrogens with zero attached hydrogens (tertiary/aromatic N) is 1. The van der Waals surface area contributed by atoms with E-state index in [1.165, 1.54) is 7.11 Å². The lowest BCUT2D eigenvalue weighted by Crippen LogP contribution is -2.43. The number of carbonyl (C=O) groups excluding carboxylic acids is 1. The molecule has 0 fully saturated rings. The molecule has 1 heterocycles. The summed E-state index contributed by atoms with van der Waals surface area (Å²) in [6.45, 7) is 0.411. The van der Waals surface area contributed by atoms with Gasteiger partial charge in [-0.25, -0.2) is 4.79 Å². The molecule has 2 aromatic carbocycles. The first-order valence-electron chi connectivity index (χ1n) is 9.15. The molecule has 2 N–H and O–H groups in total. The van der Waals surface area contributed by atoms with Gasteiger partial charge >= 0.3 is 12.0 Å². The smallest absolute Gasteiger partial charge is 0.322 e. The molecule has 154 valence electrons. The number of hydrogen-bond acceptors (Lipinski definition) is 5. The zero-order chi connectivity index (χ0) is 21.0. The molecule has 0 bridgehead atoms. The predicted molar refractivity (Wildman–Crippen MR) is 112 cm³/mol. The number of benzene rings is 2. The van der Waals surface area contributed by atoms with Crippen molar-refractivity contribution in [2.45, 2.75) is 23.8 Å². The van der Waals surface area contributed by atoms with Crippen LogP contribution in [0.3, 0.4) is 0 Å². The largest absolute Gasteiger partial charge is 0.493 e. The Morgan fingerprint density at radius 3 is 2.59 bits per heavy atom. The summed E-state index contributed by atoms with van der Waals surface area (Å²) < 4.78 is 10.7. The van der Waals surface area contributed by atoms with E-state index in [1.807, 2.05) is 36.6 Å². The van der Waals surface area contributed by atoms with Crippen LogP contribution in [0.5, 0.6) is 11.5 Å². The van der Waals surface area contributed by atoms with Gasteiger partial charge < -0.3 is 24.8 Å². The summed E-state index contributed by atoms with van der Waals surface area (Å²) in [5.41, 5.74) is 2.40. The van der Waals surface area contributed by atoms with Crippen molar-refractivity contribution in [3.05, 3.63) is 47.5 Å². The Labute approximate surface area is 174 Å². The third kappa shape index (κ3) is 4.59. The third-order valence-corrected chi connectivity index (χ3v) is 5.68.